The maximum atomic E-state index is 12.2. The van der Waals surface area contributed by atoms with Crippen LogP contribution in [-0.2, 0) is 14.8 Å². The van der Waals surface area contributed by atoms with E-state index in [1.165, 1.54) is 4.31 Å². The average molecular weight is 289 g/mol. The number of carbonyl (C=O) groups excluding carboxylic acids is 2. The molecule has 7 nitrogen and oxygen atoms in total. The highest BCUT2D eigenvalue weighted by molar-refractivity contribution is 7.89. The van der Waals surface area contributed by atoms with Crippen molar-refractivity contribution in [3.8, 4) is 0 Å². The molecule has 108 valence electrons. The van der Waals surface area contributed by atoms with E-state index in [1.54, 1.807) is 0 Å². The van der Waals surface area contributed by atoms with Gasteiger partial charge in [-0.05, 0) is 19.3 Å². The Balaban J connectivity index is 2.13. The van der Waals surface area contributed by atoms with Crippen molar-refractivity contribution in [2.45, 2.75) is 38.1 Å². The molecule has 0 aromatic carbocycles. The number of hydrogen-bond donors (Lipinski definition) is 2. The maximum absolute atomic E-state index is 12.2. The van der Waals surface area contributed by atoms with Gasteiger partial charge in [0.15, 0.2) is 0 Å². The van der Waals surface area contributed by atoms with Gasteiger partial charge in [0, 0.05) is 13.1 Å². The van der Waals surface area contributed by atoms with Crippen LogP contribution in [0.25, 0.3) is 0 Å². The predicted octanol–water partition coefficient (Wildman–Crippen LogP) is -0.210. The quantitative estimate of drug-likeness (QED) is 0.700. The maximum Gasteiger partial charge on any atom is 0.322 e. The molecule has 8 heteroatoms. The van der Waals surface area contributed by atoms with E-state index in [1.807, 2.05) is 6.92 Å². The number of unbranched alkanes of at least 4 members (excludes halogenated alkanes) is 1. The lowest BCUT2D eigenvalue weighted by Crippen LogP contribution is -2.59. The molecule has 2 fully saturated rings. The first-order chi connectivity index (χ1) is 8.89. The molecule has 0 radical (unpaired) electrons. The van der Waals surface area contributed by atoms with E-state index >= 15 is 0 Å². The van der Waals surface area contributed by atoms with E-state index in [2.05, 4.69) is 10.6 Å². The van der Waals surface area contributed by atoms with Crippen LogP contribution in [0, 0.1) is 0 Å². The van der Waals surface area contributed by atoms with Gasteiger partial charge in [0.1, 0.15) is 5.54 Å². The molecular weight excluding hydrogens is 270 g/mol. The van der Waals surface area contributed by atoms with E-state index < -0.39 is 27.5 Å². The highest BCUT2D eigenvalue weighted by Gasteiger charge is 2.50. The van der Waals surface area contributed by atoms with Crippen molar-refractivity contribution in [2.75, 3.05) is 18.8 Å². The molecule has 2 heterocycles. The van der Waals surface area contributed by atoms with Gasteiger partial charge in [-0.15, -0.1) is 0 Å². The summed E-state index contributed by atoms with van der Waals surface area (Å²) < 4.78 is 25.6. The highest BCUT2D eigenvalue weighted by atomic mass is 32.2. The van der Waals surface area contributed by atoms with Crippen molar-refractivity contribution in [3.63, 3.8) is 0 Å². The first-order valence-electron chi connectivity index (χ1n) is 6.51. The third-order valence-electron chi connectivity index (χ3n) is 3.62. The number of piperidine rings is 1. The Morgan fingerprint density at radius 3 is 2.68 bits per heavy atom. The van der Waals surface area contributed by atoms with Gasteiger partial charge in [0.25, 0.3) is 5.91 Å². The lowest BCUT2D eigenvalue weighted by Gasteiger charge is -2.37. The van der Waals surface area contributed by atoms with Crippen LogP contribution in [0.4, 0.5) is 4.79 Å². The third kappa shape index (κ3) is 2.74. The molecule has 1 atom stereocenters. The summed E-state index contributed by atoms with van der Waals surface area (Å²) in [6.07, 6.45) is 2.45. The molecule has 2 N–H and O–H groups in total. The molecule has 0 aromatic heterocycles. The van der Waals surface area contributed by atoms with Crippen LogP contribution in [0.2, 0.25) is 0 Å². The smallest absolute Gasteiger partial charge is 0.322 e. The normalized spacial score (nSPS) is 28.5. The van der Waals surface area contributed by atoms with Crippen LogP contribution in [0.1, 0.15) is 32.6 Å². The average Bonchev–Trinajstić information content (AvgIpc) is 2.61. The van der Waals surface area contributed by atoms with Crippen LogP contribution in [0.3, 0.4) is 0 Å². The first-order valence-corrected chi connectivity index (χ1v) is 8.12. The van der Waals surface area contributed by atoms with Gasteiger partial charge in [0.05, 0.1) is 5.75 Å². The molecule has 0 aromatic rings. The molecule has 19 heavy (non-hydrogen) atoms. The Morgan fingerprint density at radius 1 is 1.37 bits per heavy atom. The second kappa shape index (κ2) is 5.09. The fraction of sp³-hybridized carbons (Fsp3) is 0.818. The molecule has 1 spiro atoms. The third-order valence-corrected chi connectivity index (χ3v) is 5.52. The summed E-state index contributed by atoms with van der Waals surface area (Å²) in [6.45, 7) is 2.38. The number of nitrogens with zero attached hydrogens (tertiary/aromatic N) is 1. The zero-order valence-corrected chi connectivity index (χ0v) is 11.8. The minimum atomic E-state index is -3.35. The van der Waals surface area contributed by atoms with Crippen molar-refractivity contribution < 1.29 is 18.0 Å². The number of amides is 3. The number of sulfonamides is 1. The zero-order chi connectivity index (χ0) is 14.1. The first kappa shape index (κ1) is 14.3. The Morgan fingerprint density at radius 2 is 2.11 bits per heavy atom. The lowest BCUT2D eigenvalue weighted by molar-refractivity contribution is -0.125. The minimum Gasteiger partial charge on any atom is -0.322 e. The van der Waals surface area contributed by atoms with Gasteiger partial charge in [-0.25, -0.2) is 13.2 Å². The second-order valence-electron chi connectivity index (χ2n) is 5.10. The summed E-state index contributed by atoms with van der Waals surface area (Å²) in [4.78, 5) is 23.1. The lowest BCUT2D eigenvalue weighted by atomic mass is 9.90. The monoisotopic (exact) mass is 289 g/mol. The van der Waals surface area contributed by atoms with Gasteiger partial charge in [-0.1, -0.05) is 13.3 Å². The van der Waals surface area contributed by atoms with E-state index in [0.29, 0.717) is 25.8 Å². The van der Waals surface area contributed by atoms with E-state index in [9.17, 15) is 18.0 Å². The Bertz CT molecular complexity index is 490. The Kier molecular flexibility index (Phi) is 3.82. The molecule has 2 saturated heterocycles. The zero-order valence-electron chi connectivity index (χ0n) is 10.9. The van der Waals surface area contributed by atoms with Crippen molar-refractivity contribution in [1.82, 2.24) is 14.9 Å². The fourth-order valence-electron chi connectivity index (χ4n) is 2.53. The fourth-order valence-corrected chi connectivity index (χ4v) is 4.26. The number of urea groups is 1. The molecule has 0 saturated carbocycles. The Labute approximate surface area is 112 Å². The molecule has 2 aliphatic rings. The predicted molar refractivity (Wildman–Crippen MR) is 68.9 cm³/mol. The number of nitrogens with one attached hydrogen (secondary N) is 2. The topological polar surface area (TPSA) is 95.6 Å². The summed E-state index contributed by atoms with van der Waals surface area (Å²) in [6, 6.07) is -0.544. The summed E-state index contributed by atoms with van der Waals surface area (Å²) in [7, 11) is -3.35. The summed E-state index contributed by atoms with van der Waals surface area (Å²) in [5.74, 6) is -0.331. The minimum absolute atomic E-state index is 0.0383. The second-order valence-corrected chi connectivity index (χ2v) is 7.19. The van der Waals surface area contributed by atoms with Crippen molar-refractivity contribution in [2.24, 2.45) is 0 Å². The number of rotatable bonds is 4. The Hall–Kier alpha value is -1.15. The largest absolute Gasteiger partial charge is 0.322 e. The summed E-state index contributed by atoms with van der Waals surface area (Å²) in [5.41, 5.74) is -1.07. The SMILES string of the molecule is CCCCS(=O)(=O)N1CCCC2(C1)NC(=O)NC2=O. The molecular formula is C11H19N3O4S. The molecule has 0 aliphatic carbocycles. The van der Waals surface area contributed by atoms with E-state index in [0.717, 1.165) is 6.42 Å². The van der Waals surface area contributed by atoms with Crippen LogP contribution < -0.4 is 10.6 Å². The van der Waals surface area contributed by atoms with Gasteiger partial charge in [0.2, 0.25) is 10.0 Å². The number of hydrogen-bond acceptors (Lipinski definition) is 4. The summed E-state index contributed by atoms with van der Waals surface area (Å²) >= 11 is 0. The van der Waals surface area contributed by atoms with Crippen LogP contribution >= 0.6 is 0 Å². The van der Waals surface area contributed by atoms with E-state index in [4.69, 9.17) is 0 Å². The van der Waals surface area contributed by atoms with Gasteiger partial charge >= 0.3 is 6.03 Å². The van der Waals surface area contributed by atoms with E-state index in [-0.39, 0.29) is 12.3 Å². The van der Waals surface area contributed by atoms with Gasteiger partial charge in [-0.2, -0.15) is 4.31 Å². The molecule has 0 bridgehead atoms. The van der Waals surface area contributed by atoms with Gasteiger partial charge < -0.3 is 5.32 Å². The van der Waals surface area contributed by atoms with Gasteiger partial charge in [-0.3, -0.25) is 10.1 Å². The molecule has 2 rings (SSSR count). The van der Waals surface area contributed by atoms with Crippen molar-refractivity contribution in [1.29, 1.82) is 0 Å². The molecule has 1 unspecified atom stereocenters. The number of carbonyl (C=O) groups is 2. The van der Waals surface area contributed by atoms with Crippen LogP contribution in [0.5, 0.6) is 0 Å². The number of imide groups is 1. The van der Waals surface area contributed by atoms with Crippen molar-refractivity contribution >= 4 is 22.0 Å². The summed E-state index contributed by atoms with van der Waals surface area (Å²) in [5, 5.41) is 4.75. The highest BCUT2D eigenvalue weighted by Crippen LogP contribution is 2.26. The molecule has 2 aliphatic heterocycles. The van der Waals surface area contributed by atoms with Crippen LogP contribution in [0.15, 0.2) is 0 Å². The van der Waals surface area contributed by atoms with Crippen molar-refractivity contribution in [3.05, 3.63) is 0 Å². The van der Waals surface area contributed by atoms with Crippen LogP contribution in [-0.4, -0.2) is 49.0 Å². The molecule has 3 amide bonds. The standard InChI is InChI=1S/C11H19N3O4S/c1-2-3-7-19(17,18)14-6-4-5-11(8-14)9(15)12-10(16)13-11/h2-8H2,1H3,(H2,12,13,15,16).